The second kappa shape index (κ2) is 6.60. The number of para-hydroxylation sites is 1. The Morgan fingerprint density at radius 3 is 2.84 bits per heavy atom. The molecule has 0 aliphatic carbocycles. The number of rotatable bonds is 5. The van der Waals surface area contributed by atoms with Crippen LogP contribution in [0.1, 0.15) is 18.2 Å². The molecule has 1 atom stereocenters. The van der Waals surface area contributed by atoms with E-state index in [1.807, 2.05) is 25.1 Å². The highest BCUT2D eigenvalue weighted by Crippen LogP contribution is 2.28. The molecule has 0 aliphatic heterocycles. The third-order valence-corrected chi connectivity index (χ3v) is 4.84. The predicted molar refractivity (Wildman–Crippen MR) is 95.8 cm³/mol. The molecule has 0 radical (unpaired) electrons. The van der Waals surface area contributed by atoms with Crippen LogP contribution in [0.4, 0.5) is 10.9 Å². The van der Waals surface area contributed by atoms with Crippen LogP contribution in [0.2, 0.25) is 0 Å². The number of carbonyl (C=O) groups excluding carboxylic acids is 1. The quantitative estimate of drug-likeness (QED) is 0.556. The van der Waals surface area contributed by atoms with E-state index in [1.165, 1.54) is 22.1 Å². The molecule has 0 bridgehead atoms. The van der Waals surface area contributed by atoms with Crippen molar-refractivity contribution in [3.05, 3.63) is 45.6 Å². The van der Waals surface area contributed by atoms with E-state index in [1.54, 1.807) is 13.8 Å². The maximum Gasteiger partial charge on any atom is 0.390 e. The van der Waals surface area contributed by atoms with Gasteiger partial charge in [-0.15, -0.1) is 0 Å². The Kier molecular flexibility index (Phi) is 4.49. The molecule has 0 aliphatic rings. The Balaban J connectivity index is 1.71. The topological polar surface area (TPSA) is 103 Å². The number of amides is 1. The van der Waals surface area contributed by atoms with E-state index < -0.39 is 10.8 Å². The molecule has 25 heavy (non-hydrogen) atoms. The first-order chi connectivity index (χ1) is 11.8. The summed E-state index contributed by atoms with van der Waals surface area (Å²) in [5.74, 6) is -0.827. The fraction of sp³-hybridized carbons (Fsp3) is 0.312. The van der Waals surface area contributed by atoms with E-state index in [0.29, 0.717) is 10.8 Å². The number of benzene rings is 1. The molecule has 8 nitrogen and oxygen atoms in total. The Morgan fingerprint density at radius 2 is 2.20 bits per heavy atom. The average molecular weight is 359 g/mol. The van der Waals surface area contributed by atoms with Crippen LogP contribution in [-0.4, -0.2) is 25.6 Å². The van der Waals surface area contributed by atoms with Gasteiger partial charge < -0.3 is 15.4 Å². The second-order valence-electron chi connectivity index (χ2n) is 5.91. The minimum atomic E-state index is -0.544. The van der Waals surface area contributed by atoms with E-state index in [2.05, 4.69) is 15.4 Å². The van der Waals surface area contributed by atoms with Crippen LogP contribution in [0.15, 0.2) is 24.3 Å². The first-order valence-electron chi connectivity index (χ1n) is 7.71. The van der Waals surface area contributed by atoms with Crippen LogP contribution in [0.25, 0.3) is 10.2 Å². The molecule has 0 saturated heterocycles. The number of aromatic nitrogens is 3. The van der Waals surface area contributed by atoms with Gasteiger partial charge in [0.15, 0.2) is 5.13 Å². The highest BCUT2D eigenvalue weighted by molar-refractivity contribution is 7.22. The number of nitro groups is 1. The Morgan fingerprint density at radius 1 is 1.44 bits per heavy atom. The van der Waals surface area contributed by atoms with Crippen LogP contribution in [0, 0.1) is 29.9 Å². The van der Waals surface area contributed by atoms with Gasteiger partial charge in [-0.25, -0.2) is 4.98 Å². The number of fused-ring (bicyclic) bond motifs is 1. The van der Waals surface area contributed by atoms with Crippen molar-refractivity contribution in [3.8, 4) is 0 Å². The van der Waals surface area contributed by atoms with Crippen molar-refractivity contribution in [2.75, 3.05) is 5.32 Å². The highest BCUT2D eigenvalue weighted by atomic mass is 32.1. The third-order valence-electron chi connectivity index (χ3n) is 3.90. The van der Waals surface area contributed by atoms with E-state index >= 15 is 0 Å². The van der Waals surface area contributed by atoms with E-state index in [0.717, 1.165) is 15.8 Å². The van der Waals surface area contributed by atoms with Crippen molar-refractivity contribution in [2.24, 2.45) is 5.92 Å². The zero-order chi connectivity index (χ0) is 18.1. The van der Waals surface area contributed by atoms with Gasteiger partial charge in [-0.3, -0.25) is 4.79 Å². The number of carbonyl (C=O) groups is 1. The summed E-state index contributed by atoms with van der Waals surface area (Å²) >= 11 is 1.42. The summed E-state index contributed by atoms with van der Waals surface area (Å²) in [6.45, 7) is 5.71. The first-order valence-corrected chi connectivity index (χ1v) is 8.52. The molecule has 130 valence electrons. The molecule has 1 N–H and O–H groups in total. The molecule has 3 aromatic rings. The molecule has 0 fully saturated rings. The number of anilines is 1. The van der Waals surface area contributed by atoms with Gasteiger partial charge in [-0.2, -0.15) is 4.68 Å². The number of nitrogens with zero attached hydrogens (tertiary/aromatic N) is 4. The summed E-state index contributed by atoms with van der Waals surface area (Å²) in [6, 6.07) is 7.29. The monoisotopic (exact) mass is 359 g/mol. The zero-order valence-electron chi connectivity index (χ0n) is 14.0. The maximum absolute atomic E-state index is 12.4. The van der Waals surface area contributed by atoms with Gasteiger partial charge >= 0.3 is 5.82 Å². The molecule has 2 heterocycles. The van der Waals surface area contributed by atoms with Gasteiger partial charge in [0.25, 0.3) is 0 Å². The van der Waals surface area contributed by atoms with Crippen molar-refractivity contribution < 1.29 is 9.72 Å². The number of thiazole rings is 1. The maximum atomic E-state index is 12.4. The Bertz CT molecular complexity index is 962. The lowest BCUT2D eigenvalue weighted by Crippen LogP contribution is -2.25. The molecule has 2 aromatic heterocycles. The molecule has 0 spiro atoms. The second-order valence-corrected chi connectivity index (χ2v) is 6.94. The number of hydrogen-bond acceptors (Lipinski definition) is 6. The summed E-state index contributed by atoms with van der Waals surface area (Å²) < 4.78 is 2.49. The lowest BCUT2D eigenvalue weighted by molar-refractivity contribution is -0.389. The predicted octanol–water partition coefficient (Wildman–Crippen LogP) is 3.29. The lowest BCUT2D eigenvalue weighted by atomic mass is 10.1. The molecule has 9 heteroatoms. The van der Waals surface area contributed by atoms with Gasteiger partial charge in [0, 0.05) is 0 Å². The average Bonchev–Trinajstić information content (AvgIpc) is 3.12. The summed E-state index contributed by atoms with van der Waals surface area (Å²) in [5.41, 5.74) is 2.58. The SMILES string of the molecule is Cc1cccc2sc(NC(=O)[C@H](C)Cn3nc([N+](=O)[O-])cc3C)nc12. The smallest absolute Gasteiger partial charge is 0.358 e. The number of aryl methyl sites for hydroxylation is 2. The highest BCUT2D eigenvalue weighted by Gasteiger charge is 2.21. The van der Waals surface area contributed by atoms with Crippen LogP contribution in [-0.2, 0) is 11.3 Å². The Hall–Kier alpha value is -2.81. The van der Waals surface area contributed by atoms with E-state index in [9.17, 15) is 14.9 Å². The summed E-state index contributed by atoms with van der Waals surface area (Å²) in [5, 5.41) is 18.1. The van der Waals surface area contributed by atoms with Gasteiger partial charge in [-0.05, 0) is 30.4 Å². The van der Waals surface area contributed by atoms with Crippen LogP contribution in [0.5, 0.6) is 0 Å². The summed E-state index contributed by atoms with van der Waals surface area (Å²) in [4.78, 5) is 27.1. The zero-order valence-corrected chi connectivity index (χ0v) is 14.8. The van der Waals surface area contributed by atoms with Crippen LogP contribution in [0.3, 0.4) is 0 Å². The first kappa shape index (κ1) is 17.0. The minimum absolute atomic E-state index is 0.200. The largest absolute Gasteiger partial charge is 0.390 e. The standard InChI is InChI=1S/C16H17N5O3S/c1-9-5-4-6-12-14(9)17-16(25-12)18-15(22)10(2)8-20-11(3)7-13(19-20)21(23)24/h4-7,10H,8H2,1-3H3,(H,17,18,22)/t10-/m1/s1. The fourth-order valence-electron chi connectivity index (χ4n) is 2.48. The van der Waals surface area contributed by atoms with Gasteiger partial charge in [0.2, 0.25) is 5.91 Å². The molecule has 0 saturated carbocycles. The minimum Gasteiger partial charge on any atom is -0.358 e. The molecule has 1 amide bonds. The number of nitrogens with one attached hydrogen (secondary N) is 1. The van der Waals surface area contributed by atoms with Crippen molar-refractivity contribution in [1.29, 1.82) is 0 Å². The fourth-order valence-corrected chi connectivity index (χ4v) is 3.42. The van der Waals surface area contributed by atoms with Crippen molar-refractivity contribution in [1.82, 2.24) is 14.8 Å². The van der Waals surface area contributed by atoms with Crippen molar-refractivity contribution in [2.45, 2.75) is 27.3 Å². The molecule has 1 aromatic carbocycles. The molecule has 3 rings (SSSR count). The van der Waals surface area contributed by atoms with E-state index in [-0.39, 0.29) is 18.3 Å². The molecule has 0 unspecified atom stereocenters. The van der Waals surface area contributed by atoms with Crippen molar-refractivity contribution in [3.63, 3.8) is 0 Å². The number of hydrogen-bond donors (Lipinski definition) is 1. The Labute approximate surface area is 147 Å². The third kappa shape index (κ3) is 3.50. The normalized spacial score (nSPS) is 12.3. The lowest BCUT2D eigenvalue weighted by Gasteiger charge is -2.09. The molecular formula is C16H17N5O3S. The molecular weight excluding hydrogens is 342 g/mol. The van der Waals surface area contributed by atoms with Gasteiger partial charge in [0.1, 0.15) is 0 Å². The van der Waals surface area contributed by atoms with Gasteiger partial charge in [0.05, 0.1) is 39.5 Å². The summed E-state index contributed by atoms with van der Waals surface area (Å²) in [7, 11) is 0. The van der Waals surface area contributed by atoms with Crippen LogP contribution >= 0.6 is 11.3 Å². The van der Waals surface area contributed by atoms with Gasteiger partial charge in [-0.1, -0.05) is 30.4 Å². The van der Waals surface area contributed by atoms with Crippen LogP contribution < -0.4 is 5.32 Å². The van der Waals surface area contributed by atoms with E-state index in [4.69, 9.17) is 0 Å². The summed E-state index contributed by atoms with van der Waals surface area (Å²) in [6.07, 6.45) is 0. The van der Waals surface area contributed by atoms with Crippen molar-refractivity contribution >= 4 is 38.4 Å².